The van der Waals surface area contributed by atoms with Crippen molar-refractivity contribution in [3.63, 3.8) is 0 Å². The van der Waals surface area contributed by atoms with Gasteiger partial charge in [-0.25, -0.2) is 4.79 Å². The van der Waals surface area contributed by atoms with E-state index in [-0.39, 0.29) is 29.6 Å². The van der Waals surface area contributed by atoms with E-state index in [0.29, 0.717) is 28.9 Å². The van der Waals surface area contributed by atoms with Gasteiger partial charge in [-0.3, -0.25) is 0 Å². The van der Waals surface area contributed by atoms with E-state index in [0.717, 1.165) is 5.56 Å². The molecule has 0 radical (unpaired) electrons. The second-order valence-electron chi connectivity index (χ2n) is 7.23. The number of esters is 1. The quantitative estimate of drug-likeness (QED) is 0.789. The van der Waals surface area contributed by atoms with Crippen LogP contribution in [0.15, 0.2) is 24.3 Å². The van der Waals surface area contributed by atoms with E-state index in [1.807, 2.05) is 20.8 Å². The molecule has 0 saturated carbocycles. The molecule has 146 valence electrons. The fourth-order valence-corrected chi connectivity index (χ4v) is 3.38. The van der Waals surface area contributed by atoms with E-state index in [4.69, 9.17) is 14.2 Å². The number of nitrogens with zero attached hydrogens (tertiary/aromatic N) is 1. The Morgan fingerprint density at radius 2 is 1.96 bits per heavy atom. The number of aliphatic hydroxyl groups is 1. The van der Waals surface area contributed by atoms with Crippen molar-refractivity contribution < 1.29 is 24.1 Å². The Kier molecular flexibility index (Phi) is 5.57. The van der Waals surface area contributed by atoms with Gasteiger partial charge in [0.05, 0.1) is 30.4 Å². The fourth-order valence-electron chi connectivity index (χ4n) is 3.38. The summed E-state index contributed by atoms with van der Waals surface area (Å²) in [7, 11) is 1.44. The number of cyclic esters (lactones) is 1. The topological polar surface area (TPSA) is 88.8 Å². The van der Waals surface area contributed by atoms with Crippen molar-refractivity contribution >= 4 is 5.97 Å². The van der Waals surface area contributed by atoms with Gasteiger partial charge in [0.25, 0.3) is 0 Å². The van der Waals surface area contributed by atoms with Crippen molar-refractivity contribution in [1.29, 1.82) is 5.26 Å². The Bertz CT molecular complexity index is 958. The lowest BCUT2D eigenvalue weighted by Crippen LogP contribution is -2.15. The molecule has 0 aliphatic carbocycles. The smallest absolute Gasteiger partial charge is 0.346 e. The van der Waals surface area contributed by atoms with E-state index < -0.39 is 12.1 Å². The Morgan fingerprint density at radius 3 is 2.61 bits per heavy atom. The van der Waals surface area contributed by atoms with Crippen molar-refractivity contribution in [2.24, 2.45) is 5.92 Å². The van der Waals surface area contributed by atoms with Gasteiger partial charge in [-0.05, 0) is 43.0 Å². The van der Waals surface area contributed by atoms with E-state index in [1.54, 1.807) is 24.3 Å². The molecule has 0 unspecified atom stereocenters. The lowest BCUT2D eigenvalue weighted by Gasteiger charge is -2.23. The van der Waals surface area contributed by atoms with Gasteiger partial charge >= 0.3 is 5.97 Å². The number of hydrogen-bond acceptors (Lipinski definition) is 6. The number of aryl methyl sites for hydroxylation is 1. The van der Waals surface area contributed by atoms with Crippen molar-refractivity contribution in [1.82, 2.24) is 0 Å². The first-order chi connectivity index (χ1) is 13.4. The van der Waals surface area contributed by atoms with Gasteiger partial charge in [0.2, 0.25) is 0 Å². The molecule has 1 atom stereocenters. The van der Waals surface area contributed by atoms with Gasteiger partial charge in [0, 0.05) is 5.56 Å². The van der Waals surface area contributed by atoms with Crippen LogP contribution in [-0.2, 0) is 11.3 Å². The molecule has 28 heavy (non-hydrogen) atoms. The van der Waals surface area contributed by atoms with E-state index in [2.05, 4.69) is 6.07 Å². The monoisotopic (exact) mass is 381 g/mol. The summed E-state index contributed by atoms with van der Waals surface area (Å²) in [6.45, 7) is 5.75. The van der Waals surface area contributed by atoms with Crippen molar-refractivity contribution in [3.8, 4) is 23.3 Å². The minimum absolute atomic E-state index is 0.0832. The lowest BCUT2D eigenvalue weighted by atomic mass is 9.96. The van der Waals surface area contributed by atoms with Crippen LogP contribution in [-0.4, -0.2) is 18.2 Å². The first-order valence-electron chi connectivity index (χ1n) is 9.13. The summed E-state index contributed by atoms with van der Waals surface area (Å²) >= 11 is 0. The zero-order chi connectivity index (χ0) is 20.4. The molecule has 2 aromatic carbocycles. The normalized spacial score (nSPS) is 14.0. The molecular formula is C22H23NO5. The Balaban J connectivity index is 2.14. The van der Waals surface area contributed by atoms with Gasteiger partial charge < -0.3 is 19.3 Å². The minimum atomic E-state index is -0.779. The van der Waals surface area contributed by atoms with Gasteiger partial charge in [0.1, 0.15) is 29.4 Å². The summed E-state index contributed by atoms with van der Waals surface area (Å²) in [4.78, 5) is 12.8. The number of rotatable bonds is 4. The molecule has 0 fully saturated rings. The minimum Gasteiger partial charge on any atom is -0.495 e. The summed E-state index contributed by atoms with van der Waals surface area (Å²) < 4.78 is 16.9. The van der Waals surface area contributed by atoms with Crippen LogP contribution in [0.5, 0.6) is 17.2 Å². The number of carbonyl (C=O) groups excluding carboxylic acids is 1. The van der Waals surface area contributed by atoms with Crippen molar-refractivity contribution in [2.75, 3.05) is 7.11 Å². The number of ether oxygens (including phenoxy) is 3. The molecular weight excluding hydrogens is 358 g/mol. The molecule has 1 aliphatic heterocycles. The zero-order valence-electron chi connectivity index (χ0n) is 16.4. The number of methoxy groups -OCH3 is 1. The van der Waals surface area contributed by atoms with Gasteiger partial charge in [-0.15, -0.1) is 0 Å². The maximum atomic E-state index is 12.8. The third-order valence-electron chi connectivity index (χ3n) is 4.77. The van der Waals surface area contributed by atoms with Gasteiger partial charge in [-0.2, -0.15) is 5.26 Å². The summed E-state index contributed by atoms with van der Waals surface area (Å²) in [5.41, 5.74) is 2.39. The van der Waals surface area contributed by atoms with Gasteiger partial charge in [0.15, 0.2) is 0 Å². The molecule has 1 aliphatic rings. The van der Waals surface area contributed by atoms with E-state index >= 15 is 0 Å². The lowest BCUT2D eigenvalue weighted by molar-refractivity contribution is 0.0454. The molecule has 1 heterocycles. The highest BCUT2D eigenvalue weighted by Crippen LogP contribution is 2.42. The van der Waals surface area contributed by atoms with Crippen LogP contribution in [0, 0.1) is 24.2 Å². The predicted molar refractivity (Wildman–Crippen MR) is 102 cm³/mol. The standard InChI is InChI=1S/C22H23NO5/c1-12(2)9-17(24)14-6-8-19-20(21(14)26-4)22(25)27-11-16-15(10-23)13(3)5-7-18(16)28-19/h5-8,12,17,24H,9,11H2,1-4H3/t17-/m0/s1. The third kappa shape index (κ3) is 3.54. The fraction of sp³-hybridized carbons (Fsp3) is 0.364. The summed E-state index contributed by atoms with van der Waals surface area (Å²) in [6, 6.07) is 9.01. The van der Waals surface area contributed by atoms with Crippen LogP contribution >= 0.6 is 0 Å². The largest absolute Gasteiger partial charge is 0.495 e. The highest BCUT2D eigenvalue weighted by molar-refractivity contribution is 5.96. The molecule has 0 aromatic heterocycles. The maximum absolute atomic E-state index is 12.8. The first kappa shape index (κ1) is 19.7. The van der Waals surface area contributed by atoms with Gasteiger partial charge in [-0.1, -0.05) is 19.9 Å². The number of aliphatic hydroxyl groups excluding tert-OH is 1. The number of nitriles is 1. The van der Waals surface area contributed by atoms with Crippen LogP contribution in [0.4, 0.5) is 0 Å². The highest BCUT2D eigenvalue weighted by Gasteiger charge is 2.29. The second kappa shape index (κ2) is 7.91. The molecule has 3 rings (SSSR count). The Labute approximate surface area is 164 Å². The molecule has 0 spiro atoms. The number of benzene rings is 2. The predicted octanol–water partition coefficient (Wildman–Crippen LogP) is 4.42. The Morgan fingerprint density at radius 1 is 1.25 bits per heavy atom. The number of hydrogen-bond donors (Lipinski definition) is 1. The van der Waals surface area contributed by atoms with E-state index in [9.17, 15) is 15.2 Å². The van der Waals surface area contributed by atoms with Crippen LogP contribution < -0.4 is 9.47 Å². The zero-order valence-corrected chi connectivity index (χ0v) is 16.4. The molecule has 6 nitrogen and oxygen atoms in total. The number of carbonyl (C=O) groups is 1. The third-order valence-corrected chi connectivity index (χ3v) is 4.77. The summed E-state index contributed by atoms with van der Waals surface area (Å²) in [5, 5.41) is 20.0. The Hall–Kier alpha value is -3.04. The van der Waals surface area contributed by atoms with E-state index in [1.165, 1.54) is 7.11 Å². The first-order valence-corrected chi connectivity index (χ1v) is 9.13. The van der Waals surface area contributed by atoms with Crippen LogP contribution in [0.3, 0.4) is 0 Å². The van der Waals surface area contributed by atoms with Crippen molar-refractivity contribution in [2.45, 2.75) is 39.9 Å². The summed E-state index contributed by atoms with van der Waals surface area (Å²) in [5.74, 6) is 0.599. The summed E-state index contributed by atoms with van der Waals surface area (Å²) in [6.07, 6.45) is -0.253. The average Bonchev–Trinajstić information content (AvgIpc) is 2.65. The average molecular weight is 381 g/mol. The highest BCUT2D eigenvalue weighted by atomic mass is 16.5. The SMILES string of the molecule is COc1c([C@@H](O)CC(C)C)ccc2c1C(=O)OCc1c(ccc(C)c1C#N)O2. The molecule has 1 N–H and O–H groups in total. The van der Waals surface area contributed by atoms with Crippen molar-refractivity contribution in [3.05, 3.63) is 52.1 Å². The number of fused-ring (bicyclic) bond motifs is 2. The molecule has 2 aromatic rings. The molecule has 0 saturated heterocycles. The van der Waals surface area contributed by atoms with Crippen LogP contribution in [0.25, 0.3) is 0 Å². The second-order valence-corrected chi connectivity index (χ2v) is 7.23. The van der Waals surface area contributed by atoms with Crippen LogP contribution in [0.2, 0.25) is 0 Å². The molecule has 0 bridgehead atoms. The molecule has 6 heteroatoms. The molecule has 0 amide bonds. The van der Waals surface area contributed by atoms with Crippen LogP contribution in [0.1, 0.15) is 59.0 Å². The maximum Gasteiger partial charge on any atom is 0.346 e.